The Hall–Kier alpha value is -2.62. The number of para-hydroxylation sites is 1. The van der Waals surface area contributed by atoms with Crippen LogP contribution < -0.4 is 5.56 Å². The van der Waals surface area contributed by atoms with Crippen molar-refractivity contribution < 1.29 is 4.79 Å². The van der Waals surface area contributed by atoms with E-state index in [1.54, 1.807) is 33.6 Å². The van der Waals surface area contributed by atoms with E-state index >= 15 is 0 Å². The quantitative estimate of drug-likeness (QED) is 0.450. The van der Waals surface area contributed by atoms with E-state index in [1.807, 2.05) is 36.9 Å². The minimum atomic E-state index is -0.0506. The Balaban J connectivity index is 1.16. The van der Waals surface area contributed by atoms with Crippen molar-refractivity contribution in [2.75, 3.05) is 26.2 Å². The highest BCUT2D eigenvalue weighted by molar-refractivity contribution is 7.19. The molecule has 1 aliphatic rings. The lowest BCUT2D eigenvalue weighted by atomic mass is 10.2. The summed E-state index contributed by atoms with van der Waals surface area (Å²) in [7, 11) is 0. The Morgan fingerprint density at radius 2 is 1.88 bits per heavy atom. The zero-order valence-electron chi connectivity index (χ0n) is 18.2. The van der Waals surface area contributed by atoms with E-state index in [0.29, 0.717) is 31.4 Å². The van der Waals surface area contributed by atoms with Crippen molar-refractivity contribution in [1.29, 1.82) is 0 Å². The molecule has 1 aromatic carbocycles. The molecule has 0 atom stereocenters. The molecule has 5 rings (SSSR count). The van der Waals surface area contributed by atoms with Crippen molar-refractivity contribution in [3.63, 3.8) is 0 Å². The molecule has 4 aromatic rings. The third-order valence-electron chi connectivity index (χ3n) is 6.14. The van der Waals surface area contributed by atoms with Crippen LogP contribution in [0.5, 0.6) is 0 Å². The Kier molecular flexibility index (Phi) is 5.79. The Bertz CT molecular complexity index is 1310. The van der Waals surface area contributed by atoms with Crippen LogP contribution in [0.25, 0.3) is 20.4 Å². The second kappa shape index (κ2) is 8.73. The molecule has 1 fully saturated rings. The van der Waals surface area contributed by atoms with Crippen LogP contribution >= 0.6 is 22.7 Å². The normalized spacial score (nSPS) is 15.1. The number of thiophene rings is 1. The van der Waals surface area contributed by atoms with Crippen molar-refractivity contribution in [3.05, 3.63) is 56.4 Å². The highest BCUT2D eigenvalue weighted by Crippen LogP contribution is 2.25. The molecule has 4 heterocycles. The first-order chi connectivity index (χ1) is 15.5. The second-order valence-corrected chi connectivity index (χ2v) is 10.5. The largest absolute Gasteiger partial charge is 0.340 e. The number of aromatic nitrogens is 3. The maximum absolute atomic E-state index is 12.8. The summed E-state index contributed by atoms with van der Waals surface area (Å²) in [6, 6.07) is 8.21. The van der Waals surface area contributed by atoms with Gasteiger partial charge in [-0.2, -0.15) is 0 Å². The molecule has 0 unspecified atom stereocenters. The summed E-state index contributed by atoms with van der Waals surface area (Å²) in [5, 5.41) is 1.80. The van der Waals surface area contributed by atoms with Gasteiger partial charge in [-0.3, -0.25) is 19.1 Å². The second-order valence-electron chi connectivity index (χ2n) is 8.19. The fourth-order valence-electron chi connectivity index (χ4n) is 4.14. The van der Waals surface area contributed by atoms with E-state index in [1.165, 1.54) is 4.70 Å². The Morgan fingerprint density at radius 1 is 1.09 bits per heavy atom. The van der Waals surface area contributed by atoms with Crippen molar-refractivity contribution >= 4 is 49.0 Å². The zero-order valence-corrected chi connectivity index (χ0v) is 19.8. The molecule has 7 nitrogen and oxygen atoms in total. The third kappa shape index (κ3) is 4.07. The van der Waals surface area contributed by atoms with Gasteiger partial charge in [-0.05, 0) is 31.5 Å². The van der Waals surface area contributed by atoms with Crippen molar-refractivity contribution in [2.45, 2.75) is 33.4 Å². The van der Waals surface area contributed by atoms with Crippen LogP contribution in [0.4, 0.5) is 0 Å². The van der Waals surface area contributed by atoms with Crippen LogP contribution in [-0.2, 0) is 17.9 Å². The van der Waals surface area contributed by atoms with E-state index in [0.717, 1.165) is 45.4 Å². The van der Waals surface area contributed by atoms with Crippen molar-refractivity contribution in [1.82, 2.24) is 24.3 Å². The smallest absolute Gasteiger partial charge is 0.262 e. The molecule has 0 aliphatic carbocycles. The minimum absolute atomic E-state index is 0.0506. The Labute approximate surface area is 193 Å². The number of hydrogen-bond acceptors (Lipinski definition) is 7. The molecule has 0 bridgehead atoms. The molecule has 0 saturated carbocycles. The summed E-state index contributed by atoms with van der Waals surface area (Å²) in [5.41, 5.74) is 2.00. The lowest BCUT2D eigenvalue weighted by molar-refractivity contribution is -0.133. The number of hydrogen-bond donors (Lipinski definition) is 0. The van der Waals surface area contributed by atoms with Gasteiger partial charge in [0.1, 0.15) is 9.84 Å². The monoisotopic (exact) mass is 467 g/mol. The maximum Gasteiger partial charge on any atom is 0.262 e. The van der Waals surface area contributed by atoms with E-state index in [4.69, 9.17) is 4.98 Å². The number of amides is 1. The number of carbonyl (C=O) groups excluding carboxylic acids is 1. The molecule has 0 spiro atoms. The van der Waals surface area contributed by atoms with Crippen LogP contribution in [0, 0.1) is 13.8 Å². The number of benzene rings is 1. The van der Waals surface area contributed by atoms with Crippen LogP contribution in [0.2, 0.25) is 0 Å². The van der Waals surface area contributed by atoms with Gasteiger partial charge < -0.3 is 4.90 Å². The van der Waals surface area contributed by atoms with Crippen LogP contribution in [0.3, 0.4) is 0 Å². The average Bonchev–Trinajstić information content (AvgIpc) is 3.33. The van der Waals surface area contributed by atoms with Gasteiger partial charge in [0.2, 0.25) is 5.91 Å². The van der Waals surface area contributed by atoms with Gasteiger partial charge in [0.25, 0.3) is 5.56 Å². The van der Waals surface area contributed by atoms with E-state index in [-0.39, 0.29) is 11.5 Å². The fraction of sp³-hybridized carbons (Fsp3) is 0.391. The maximum atomic E-state index is 12.8. The molecule has 9 heteroatoms. The van der Waals surface area contributed by atoms with Gasteiger partial charge in [-0.1, -0.05) is 12.1 Å². The molecule has 3 aromatic heterocycles. The lowest BCUT2D eigenvalue weighted by Crippen LogP contribution is -2.48. The highest BCUT2D eigenvalue weighted by Gasteiger charge is 2.22. The predicted molar refractivity (Wildman–Crippen MR) is 129 cm³/mol. The van der Waals surface area contributed by atoms with Crippen LogP contribution in [0.1, 0.15) is 21.9 Å². The molecule has 1 amide bonds. The summed E-state index contributed by atoms with van der Waals surface area (Å²) in [5.74, 6) is 0.0925. The summed E-state index contributed by atoms with van der Waals surface area (Å²) < 4.78 is 2.79. The van der Waals surface area contributed by atoms with Crippen LogP contribution in [-0.4, -0.2) is 56.4 Å². The summed E-state index contributed by atoms with van der Waals surface area (Å²) >= 11 is 3.28. The molecule has 32 heavy (non-hydrogen) atoms. The summed E-state index contributed by atoms with van der Waals surface area (Å²) in [6.45, 7) is 8.23. The van der Waals surface area contributed by atoms with E-state index in [2.05, 4.69) is 16.0 Å². The number of carbonyl (C=O) groups is 1. The standard InChI is InChI=1S/C23H25N5O2S2/c1-15-16(2)31-22-21(15)23(30)28(14-24-22)8-7-20(29)27-11-9-26(10-12-27)13-19-25-17-5-3-4-6-18(17)32-19/h3-6,14H,7-13H2,1-2H3. The molecule has 1 aliphatic heterocycles. The summed E-state index contributed by atoms with van der Waals surface area (Å²) in [6.07, 6.45) is 1.89. The van der Waals surface area contributed by atoms with Gasteiger partial charge >= 0.3 is 0 Å². The zero-order chi connectivity index (χ0) is 22.2. The molecular weight excluding hydrogens is 442 g/mol. The first-order valence-electron chi connectivity index (χ1n) is 10.8. The first kappa shape index (κ1) is 21.2. The number of rotatable bonds is 5. The SMILES string of the molecule is Cc1sc2ncn(CCC(=O)N3CCN(Cc4nc5ccccc5s4)CC3)c(=O)c2c1C. The number of piperazine rings is 1. The number of nitrogens with zero attached hydrogens (tertiary/aromatic N) is 5. The van der Waals surface area contributed by atoms with Gasteiger partial charge in [0.15, 0.2) is 0 Å². The fourth-order valence-corrected chi connectivity index (χ4v) is 6.14. The molecule has 0 N–H and O–H groups in total. The predicted octanol–water partition coefficient (Wildman–Crippen LogP) is 3.42. The topological polar surface area (TPSA) is 71.3 Å². The lowest BCUT2D eigenvalue weighted by Gasteiger charge is -2.34. The molecule has 1 saturated heterocycles. The van der Waals surface area contributed by atoms with Crippen molar-refractivity contribution in [3.8, 4) is 0 Å². The van der Waals surface area contributed by atoms with Gasteiger partial charge in [-0.15, -0.1) is 22.7 Å². The number of thiazole rings is 1. The van der Waals surface area contributed by atoms with Gasteiger partial charge in [0, 0.05) is 44.0 Å². The molecule has 166 valence electrons. The average molecular weight is 468 g/mol. The van der Waals surface area contributed by atoms with Gasteiger partial charge in [-0.25, -0.2) is 9.97 Å². The van der Waals surface area contributed by atoms with Crippen molar-refractivity contribution in [2.24, 2.45) is 0 Å². The molecular formula is C23H25N5O2S2. The third-order valence-corrected chi connectivity index (χ3v) is 8.28. The van der Waals surface area contributed by atoms with E-state index < -0.39 is 0 Å². The number of aryl methyl sites for hydroxylation is 3. The number of fused-ring (bicyclic) bond motifs is 2. The van der Waals surface area contributed by atoms with Gasteiger partial charge in [0.05, 0.1) is 28.5 Å². The summed E-state index contributed by atoms with van der Waals surface area (Å²) in [4.78, 5) is 40.9. The first-order valence-corrected chi connectivity index (χ1v) is 12.4. The van der Waals surface area contributed by atoms with E-state index in [9.17, 15) is 9.59 Å². The highest BCUT2D eigenvalue weighted by atomic mass is 32.1. The minimum Gasteiger partial charge on any atom is -0.340 e. The molecule has 0 radical (unpaired) electrons. The Morgan fingerprint density at radius 3 is 2.66 bits per heavy atom. The van der Waals surface area contributed by atoms with Crippen LogP contribution in [0.15, 0.2) is 35.4 Å².